The van der Waals surface area contributed by atoms with E-state index in [1.165, 1.54) is 6.20 Å². The molecule has 1 N–H and O–H groups in total. The lowest BCUT2D eigenvalue weighted by Crippen LogP contribution is -2.06. The largest absolute Gasteiger partial charge is 0.351 e. The van der Waals surface area contributed by atoms with Gasteiger partial charge in [-0.25, -0.2) is 4.98 Å². The highest BCUT2D eigenvalue weighted by molar-refractivity contribution is 6.31. The maximum Gasteiger partial charge on any atom is 0.305 e. The highest BCUT2D eigenvalue weighted by Crippen LogP contribution is 2.12. The molecular formula is C11H13BN3+. The second-order valence-corrected chi connectivity index (χ2v) is 3.12. The molecule has 0 spiro atoms. The first-order valence-corrected chi connectivity index (χ1v) is 4.78. The lowest BCUT2D eigenvalue weighted by atomic mass is 10.0. The topological polar surface area (TPSA) is 33.0 Å². The number of nitrogens with one attached hydrogen (secondary N) is 1. The number of imidazole rings is 1. The molecule has 1 aromatic heterocycles. The first kappa shape index (κ1) is 11.3. The molecule has 1 heterocycles. The minimum atomic E-state index is 0.588. The van der Waals surface area contributed by atoms with Gasteiger partial charge in [0.05, 0.1) is 0 Å². The van der Waals surface area contributed by atoms with Crippen molar-refractivity contribution in [3.8, 4) is 6.57 Å². The van der Waals surface area contributed by atoms with Crippen molar-refractivity contribution < 1.29 is 0 Å². The Hall–Kier alpha value is -1.76. The number of aromatic amines is 1. The van der Waals surface area contributed by atoms with E-state index in [0.29, 0.717) is 5.59 Å². The molecule has 0 aliphatic rings. The lowest BCUT2D eigenvalue weighted by molar-refractivity contribution is 1.18. The third kappa shape index (κ3) is 2.85. The van der Waals surface area contributed by atoms with Crippen LogP contribution in [0.3, 0.4) is 0 Å². The van der Waals surface area contributed by atoms with Gasteiger partial charge in [-0.05, 0) is 23.8 Å². The van der Waals surface area contributed by atoms with Crippen LogP contribution >= 0.6 is 0 Å². The molecule has 1 aromatic rings. The molecule has 2 radical (unpaired) electrons. The predicted octanol–water partition coefficient (Wildman–Crippen LogP) is 1.78. The summed E-state index contributed by atoms with van der Waals surface area (Å²) in [4.78, 5) is 10.7. The van der Waals surface area contributed by atoms with Crippen molar-refractivity contribution in [3.63, 3.8) is 0 Å². The summed E-state index contributed by atoms with van der Waals surface area (Å²) in [7, 11) is 5.69. The fraction of sp³-hybridized carbons (Fsp3) is 0.273. The van der Waals surface area contributed by atoms with E-state index in [4.69, 9.17) is 14.4 Å². The second-order valence-electron chi connectivity index (χ2n) is 3.12. The monoisotopic (exact) mass is 198 g/mol. The van der Waals surface area contributed by atoms with Crippen LogP contribution in [-0.2, 0) is 0 Å². The van der Waals surface area contributed by atoms with Gasteiger partial charge in [0.1, 0.15) is 13.7 Å². The number of H-pyrrole nitrogens is 1. The van der Waals surface area contributed by atoms with Crippen molar-refractivity contribution in [1.82, 2.24) is 9.97 Å². The second kappa shape index (κ2) is 5.21. The van der Waals surface area contributed by atoms with Gasteiger partial charge < -0.3 is 4.98 Å². The number of hydrogen-bond acceptors (Lipinski definition) is 1. The summed E-state index contributed by atoms with van der Waals surface area (Å²) in [5.74, 6) is 0.742. The first-order valence-electron chi connectivity index (χ1n) is 4.78. The summed E-state index contributed by atoms with van der Waals surface area (Å²) >= 11 is 0. The first-order chi connectivity index (χ1) is 7.19. The number of aromatic nitrogens is 2. The lowest BCUT2D eigenvalue weighted by Gasteiger charge is -1.94. The summed E-state index contributed by atoms with van der Waals surface area (Å²) in [6, 6.07) is 0. The molecule has 1 rings (SSSR count). The molecule has 4 heteroatoms. The van der Waals surface area contributed by atoms with Crippen LogP contribution in [0.15, 0.2) is 18.4 Å². The quantitative estimate of drug-likeness (QED) is 0.582. The van der Waals surface area contributed by atoms with E-state index in [1.807, 2.05) is 19.9 Å². The van der Waals surface area contributed by atoms with E-state index in [-0.39, 0.29) is 0 Å². The van der Waals surface area contributed by atoms with Crippen molar-refractivity contribution in [2.75, 3.05) is 0 Å². The van der Waals surface area contributed by atoms with Gasteiger partial charge in [0.25, 0.3) is 6.57 Å². The number of allylic oxidation sites excluding steroid dienone is 3. The Morgan fingerprint density at radius 3 is 2.87 bits per heavy atom. The molecule has 0 atom stereocenters. The molecule has 0 saturated heterocycles. The van der Waals surface area contributed by atoms with Gasteiger partial charge in [-0.2, -0.15) is 0 Å². The number of aryl methyl sites for hydroxylation is 1. The van der Waals surface area contributed by atoms with Crippen LogP contribution in [0.25, 0.3) is 10.4 Å². The number of rotatable bonds is 3. The number of hydrogen-bond donors (Lipinski definition) is 1. The third-order valence-corrected chi connectivity index (χ3v) is 1.96. The normalized spacial score (nSPS) is 11.9. The van der Waals surface area contributed by atoms with Gasteiger partial charge in [-0.1, -0.05) is 13.0 Å². The van der Waals surface area contributed by atoms with Crippen LogP contribution in [0.1, 0.15) is 24.9 Å². The van der Waals surface area contributed by atoms with E-state index in [2.05, 4.69) is 14.8 Å². The minimum Gasteiger partial charge on any atom is -0.351 e. The maximum absolute atomic E-state index is 5.69. The van der Waals surface area contributed by atoms with E-state index in [0.717, 1.165) is 23.5 Å². The molecule has 0 amide bonds. The fourth-order valence-electron chi connectivity index (χ4n) is 1.20. The molecule has 0 fully saturated rings. The van der Waals surface area contributed by atoms with E-state index >= 15 is 0 Å². The van der Waals surface area contributed by atoms with Crippen LogP contribution in [0, 0.1) is 13.5 Å². The van der Waals surface area contributed by atoms with Crippen LogP contribution in [0.5, 0.6) is 0 Å². The summed E-state index contributed by atoms with van der Waals surface area (Å²) < 4.78 is 0. The average Bonchev–Trinajstić information content (AvgIpc) is 2.54. The minimum absolute atomic E-state index is 0.588. The Morgan fingerprint density at radius 2 is 2.40 bits per heavy atom. The van der Waals surface area contributed by atoms with Crippen molar-refractivity contribution >= 4 is 19.0 Å². The Kier molecular flexibility index (Phi) is 3.93. The summed E-state index contributed by atoms with van der Waals surface area (Å²) in [6.07, 6.45) is 6.25. The summed E-state index contributed by atoms with van der Waals surface area (Å²) in [6.45, 7) is 8.95. The molecule has 74 valence electrons. The zero-order valence-corrected chi connectivity index (χ0v) is 8.99. The SMILES string of the molecule is [B]c1[nH]c(C(/C=C\[N+]#C)=C/CC)nc1C. The van der Waals surface area contributed by atoms with Gasteiger partial charge in [-0.3, -0.25) is 0 Å². The Morgan fingerprint density at radius 1 is 1.67 bits per heavy atom. The van der Waals surface area contributed by atoms with Gasteiger partial charge in [0, 0.05) is 17.3 Å². The molecule has 0 unspecified atom stereocenters. The standard InChI is InChI=1S/C11H13BN3/c1-4-5-9(6-7-13-3)11-14-8(2)10(12)15-11/h3,5-7H,4H2,1-2H3,(H,14,15)/q+1/b7-6-,9-5+. The van der Waals surface area contributed by atoms with Crippen LogP contribution in [-0.4, -0.2) is 17.8 Å². The molecule has 0 aromatic carbocycles. The smallest absolute Gasteiger partial charge is 0.305 e. The molecule has 0 bridgehead atoms. The summed E-state index contributed by atoms with van der Waals surface area (Å²) in [5, 5.41) is 0. The van der Waals surface area contributed by atoms with E-state index in [1.54, 1.807) is 6.08 Å². The zero-order valence-electron chi connectivity index (χ0n) is 8.99. The van der Waals surface area contributed by atoms with E-state index < -0.39 is 0 Å². The van der Waals surface area contributed by atoms with Gasteiger partial charge in [0.2, 0.25) is 0 Å². The van der Waals surface area contributed by atoms with Gasteiger partial charge in [0.15, 0.2) is 0 Å². The summed E-state index contributed by atoms with van der Waals surface area (Å²) in [5.41, 5.74) is 2.32. The molecule has 0 aliphatic heterocycles. The van der Waals surface area contributed by atoms with Crippen LogP contribution in [0.2, 0.25) is 0 Å². The fourth-order valence-corrected chi connectivity index (χ4v) is 1.20. The van der Waals surface area contributed by atoms with Crippen molar-refractivity contribution in [2.24, 2.45) is 0 Å². The van der Waals surface area contributed by atoms with Crippen molar-refractivity contribution in [3.05, 3.63) is 34.7 Å². The van der Waals surface area contributed by atoms with Gasteiger partial charge in [-0.15, -0.1) is 0 Å². The Labute approximate surface area is 91.2 Å². The Balaban J connectivity index is 3.06. The predicted molar refractivity (Wildman–Crippen MR) is 64.4 cm³/mol. The molecule has 15 heavy (non-hydrogen) atoms. The highest BCUT2D eigenvalue weighted by atomic mass is 14.9. The van der Waals surface area contributed by atoms with Crippen LogP contribution in [0.4, 0.5) is 0 Å². The average molecular weight is 198 g/mol. The molecule has 3 nitrogen and oxygen atoms in total. The molecular weight excluding hydrogens is 185 g/mol. The number of nitrogens with zero attached hydrogens (tertiary/aromatic N) is 2. The third-order valence-electron chi connectivity index (χ3n) is 1.96. The van der Waals surface area contributed by atoms with Crippen LogP contribution < -0.4 is 5.59 Å². The zero-order chi connectivity index (χ0) is 11.3. The molecule has 0 saturated carbocycles. The van der Waals surface area contributed by atoms with Crippen molar-refractivity contribution in [1.29, 1.82) is 0 Å². The Bertz CT molecular complexity index is 416. The molecule has 0 aliphatic carbocycles. The highest BCUT2D eigenvalue weighted by Gasteiger charge is 2.05. The van der Waals surface area contributed by atoms with E-state index in [9.17, 15) is 0 Å². The van der Waals surface area contributed by atoms with Crippen molar-refractivity contribution in [2.45, 2.75) is 20.3 Å². The maximum atomic E-state index is 5.69. The van der Waals surface area contributed by atoms with Gasteiger partial charge >= 0.3 is 6.20 Å².